The van der Waals surface area contributed by atoms with E-state index in [-0.39, 0.29) is 12.5 Å². The summed E-state index contributed by atoms with van der Waals surface area (Å²) in [6.45, 7) is 5.95. The summed E-state index contributed by atoms with van der Waals surface area (Å²) in [7, 11) is 1.61. The second-order valence-electron chi connectivity index (χ2n) is 9.26. The molecular formula is C24H30ClN2O5-. The highest BCUT2D eigenvalue weighted by Crippen LogP contribution is 2.32. The molecule has 1 fully saturated rings. The van der Waals surface area contributed by atoms with Gasteiger partial charge in [0.25, 0.3) is 0 Å². The Bertz CT molecular complexity index is 988. The minimum atomic E-state index is -1.12. The van der Waals surface area contributed by atoms with Gasteiger partial charge in [0.05, 0.1) is 17.6 Å². The molecule has 3 rings (SSSR count). The van der Waals surface area contributed by atoms with Gasteiger partial charge in [-0.1, -0.05) is 11.6 Å². The minimum Gasteiger partial charge on any atom is -0.550 e. The van der Waals surface area contributed by atoms with Crippen LogP contribution in [0.5, 0.6) is 5.75 Å². The molecule has 7 nitrogen and oxygen atoms in total. The Balaban J connectivity index is 1.66. The Morgan fingerprint density at radius 1 is 1.31 bits per heavy atom. The fraction of sp³-hybridized carbons (Fsp3) is 0.542. The van der Waals surface area contributed by atoms with Crippen LogP contribution in [0.2, 0.25) is 5.02 Å². The third kappa shape index (κ3) is 5.82. The van der Waals surface area contributed by atoms with E-state index in [4.69, 9.17) is 21.1 Å². The molecule has 1 aliphatic heterocycles. The Morgan fingerprint density at radius 3 is 2.72 bits per heavy atom. The fourth-order valence-corrected chi connectivity index (χ4v) is 4.47. The molecule has 8 heteroatoms. The number of nitrogens with zero attached hydrogens (tertiary/aromatic N) is 2. The predicted molar refractivity (Wildman–Crippen MR) is 121 cm³/mol. The number of pyridine rings is 1. The number of benzene rings is 1. The van der Waals surface area contributed by atoms with Crippen molar-refractivity contribution >= 4 is 34.6 Å². The second kappa shape index (κ2) is 9.94. The summed E-state index contributed by atoms with van der Waals surface area (Å²) < 4.78 is 10.7. The molecular weight excluding hydrogens is 432 g/mol. The number of likely N-dealkylation sites (tertiary alicyclic amines) is 1. The number of carboxylic acid groups (broad SMARTS) is 1. The summed E-state index contributed by atoms with van der Waals surface area (Å²) in [4.78, 5) is 30.0. The van der Waals surface area contributed by atoms with Gasteiger partial charge >= 0.3 is 6.09 Å². The number of ether oxygens (including phenoxy) is 2. The van der Waals surface area contributed by atoms with E-state index < -0.39 is 23.6 Å². The molecule has 0 saturated carbocycles. The van der Waals surface area contributed by atoms with Crippen molar-refractivity contribution in [3.05, 3.63) is 35.0 Å². The predicted octanol–water partition coefficient (Wildman–Crippen LogP) is 3.84. The van der Waals surface area contributed by atoms with Crippen LogP contribution in [-0.2, 0) is 16.0 Å². The molecule has 32 heavy (non-hydrogen) atoms. The Hall–Kier alpha value is -2.54. The highest BCUT2D eigenvalue weighted by molar-refractivity contribution is 6.32. The number of carbonyl (C=O) groups is 2. The molecule has 0 radical (unpaired) electrons. The van der Waals surface area contributed by atoms with E-state index in [1.807, 2.05) is 18.2 Å². The first-order valence-corrected chi connectivity index (χ1v) is 11.3. The first-order chi connectivity index (χ1) is 15.1. The van der Waals surface area contributed by atoms with Gasteiger partial charge in [0.1, 0.15) is 11.4 Å². The molecule has 2 unspecified atom stereocenters. The third-order valence-electron chi connectivity index (χ3n) is 5.85. The van der Waals surface area contributed by atoms with Crippen molar-refractivity contribution in [2.24, 2.45) is 11.8 Å². The highest BCUT2D eigenvalue weighted by Gasteiger charge is 2.34. The molecule has 0 N–H and O–H groups in total. The van der Waals surface area contributed by atoms with Crippen LogP contribution in [-0.4, -0.2) is 47.7 Å². The van der Waals surface area contributed by atoms with E-state index in [2.05, 4.69) is 4.98 Å². The van der Waals surface area contributed by atoms with E-state index in [0.717, 1.165) is 28.6 Å². The lowest BCUT2D eigenvalue weighted by atomic mass is 9.81. The number of aromatic nitrogens is 1. The number of rotatable bonds is 6. The molecule has 2 aromatic rings. The highest BCUT2D eigenvalue weighted by atomic mass is 35.5. The molecule has 0 bridgehead atoms. The molecule has 0 aliphatic carbocycles. The minimum absolute atomic E-state index is 0.0694. The molecule has 2 heterocycles. The van der Waals surface area contributed by atoms with Gasteiger partial charge in [0.15, 0.2) is 0 Å². The van der Waals surface area contributed by atoms with Gasteiger partial charge in [0.2, 0.25) is 0 Å². The third-order valence-corrected chi connectivity index (χ3v) is 6.17. The standard InChI is InChI=1S/C24H31ClN2O5/c1-24(2,3)32-23(30)27-11-10-15(19(14-27)22(28)29)6-5-7-17-18-12-16(31-4)8-9-21(18)26-13-20(17)25/h8-9,12-13,15,19H,5-7,10-11,14H2,1-4H3,(H,28,29)/p-1. The van der Waals surface area contributed by atoms with Gasteiger partial charge < -0.3 is 24.3 Å². The fourth-order valence-electron chi connectivity index (χ4n) is 4.23. The van der Waals surface area contributed by atoms with E-state index in [9.17, 15) is 14.7 Å². The summed E-state index contributed by atoms with van der Waals surface area (Å²) in [6, 6.07) is 5.68. The smallest absolute Gasteiger partial charge is 0.410 e. The quantitative estimate of drug-likeness (QED) is 0.649. The maximum absolute atomic E-state index is 12.4. The molecule has 1 saturated heterocycles. The van der Waals surface area contributed by atoms with Crippen molar-refractivity contribution in [3.63, 3.8) is 0 Å². The number of aryl methyl sites for hydroxylation is 1. The lowest BCUT2D eigenvalue weighted by Gasteiger charge is -2.39. The topological polar surface area (TPSA) is 91.8 Å². The van der Waals surface area contributed by atoms with Gasteiger partial charge in [0, 0.05) is 36.6 Å². The van der Waals surface area contributed by atoms with Gasteiger partial charge in [-0.05, 0) is 76.1 Å². The maximum Gasteiger partial charge on any atom is 0.410 e. The molecule has 2 atom stereocenters. The Kier molecular flexibility index (Phi) is 7.49. The summed E-state index contributed by atoms with van der Waals surface area (Å²) in [5, 5.41) is 13.3. The first kappa shape index (κ1) is 24.1. The van der Waals surface area contributed by atoms with E-state index >= 15 is 0 Å². The van der Waals surface area contributed by atoms with E-state index in [1.54, 1.807) is 34.1 Å². The second-order valence-corrected chi connectivity index (χ2v) is 9.67. The van der Waals surface area contributed by atoms with Crippen LogP contribution in [0.4, 0.5) is 4.79 Å². The van der Waals surface area contributed by atoms with Gasteiger partial charge in [-0.2, -0.15) is 0 Å². The molecule has 174 valence electrons. The van der Waals surface area contributed by atoms with Crippen molar-refractivity contribution in [2.75, 3.05) is 20.2 Å². The molecule has 1 aliphatic rings. The van der Waals surface area contributed by atoms with Crippen LogP contribution in [0.1, 0.15) is 45.6 Å². The summed E-state index contributed by atoms with van der Waals surface area (Å²) in [6.07, 6.45) is 3.91. The number of carbonyl (C=O) groups excluding carboxylic acids is 2. The number of hydrogen-bond acceptors (Lipinski definition) is 6. The van der Waals surface area contributed by atoms with Crippen LogP contribution in [0.25, 0.3) is 10.9 Å². The van der Waals surface area contributed by atoms with Gasteiger partial charge in [-0.3, -0.25) is 4.98 Å². The van der Waals surface area contributed by atoms with E-state index in [1.165, 1.54) is 4.90 Å². The number of carboxylic acids is 1. The molecule has 1 aromatic heterocycles. The van der Waals surface area contributed by atoms with Crippen LogP contribution >= 0.6 is 11.6 Å². The Labute approximate surface area is 193 Å². The zero-order valence-electron chi connectivity index (χ0n) is 19.0. The molecule has 0 spiro atoms. The zero-order valence-corrected chi connectivity index (χ0v) is 19.8. The van der Waals surface area contributed by atoms with Crippen molar-refractivity contribution in [3.8, 4) is 5.75 Å². The van der Waals surface area contributed by atoms with E-state index in [0.29, 0.717) is 30.8 Å². The first-order valence-electron chi connectivity index (χ1n) is 10.9. The maximum atomic E-state index is 12.4. The summed E-state index contributed by atoms with van der Waals surface area (Å²) >= 11 is 6.44. The number of hydrogen-bond donors (Lipinski definition) is 0. The monoisotopic (exact) mass is 461 g/mol. The van der Waals surface area contributed by atoms with Crippen LogP contribution in [0, 0.1) is 11.8 Å². The number of fused-ring (bicyclic) bond motifs is 1. The van der Waals surface area contributed by atoms with Crippen molar-refractivity contribution < 1.29 is 24.2 Å². The number of halogens is 1. The average Bonchev–Trinajstić information content (AvgIpc) is 2.73. The zero-order chi connectivity index (χ0) is 23.5. The van der Waals surface area contributed by atoms with Crippen molar-refractivity contribution in [1.29, 1.82) is 0 Å². The lowest BCUT2D eigenvalue weighted by Crippen LogP contribution is -2.51. The van der Waals surface area contributed by atoms with Crippen molar-refractivity contribution in [2.45, 2.75) is 52.1 Å². The van der Waals surface area contributed by atoms with Crippen LogP contribution < -0.4 is 9.84 Å². The summed E-state index contributed by atoms with van der Waals surface area (Å²) in [5.41, 5.74) is 1.19. The van der Waals surface area contributed by atoms with Crippen molar-refractivity contribution in [1.82, 2.24) is 9.88 Å². The summed E-state index contributed by atoms with van der Waals surface area (Å²) in [5.74, 6) is -1.18. The number of methoxy groups -OCH3 is 1. The SMILES string of the molecule is COc1ccc2ncc(Cl)c(CCCC3CCN(C(=O)OC(C)(C)C)CC3C(=O)[O-])c2c1. The number of amides is 1. The molecule has 1 amide bonds. The van der Waals surface area contributed by atoms with Crippen LogP contribution in [0.3, 0.4) is 0 Å². The Morgan fingerprint density at radius 2 is 2.06 bits per heavy atom. The largest absolute Gasteiger partial charge is 0.550 e. The number of piperidine rings is 1. The number of aliphatic carboxylic acids is 1. The average molecular weight is 462 g/mol. The molecule has 1 aromatic carbocycles. The van der Waals surface area contributed by atoms with Gasteiger partial charge in [-0.25, -0.2) is 4.79 Å². The van der Waals surface area contributed by atoms with Crippen LogP contribution in [0.15, 0.2) is 24.4 Å². The lowest BCUT2D eigenvalue weighted by molar-refractivity contribution is -0.314. The van der Waals surface area contributed by atoms with Gasteiger partial charge in [-0.15, -0.1) is 0 Å². The normalized spacial score (nSPS) is 19.1.